The number of allylic oxidation sites excluding steroid dienone is 4. The molecular weight excluding hydrogens is 138 g/mol. The average molecular weight is 151 g/mol. The van der Waals surface area contributed by atoms with E-state index in [2.05, 4.69) is 18.3 Å². The highest BCUT2D eigenvalue weighted by Gasteiger charge is 2.02. The Morgan fingerprint density at radius 2 is 2.36 bits per heavy atom. The van der Waals surface area contributed by atoms with Gasteiger partial charge in [-0.2, -0.15) is 0 Å². The predicted octanol–water partition coefficient (Wildman–Crippen LogP) is 1.75. The minimum absolute atomic E-state index is 0.733. The van der Waals surface area contributed by atoms with Crippen LogP contribution in [0.5, 0.6) is 0 Å². The summed E-state index contributed by atoms with van der Waals surface area (Å²) in [6, 6.07) is 0. The Labute approximate surface area is 67.0 Å². The Kier molecular flexibility index (Phi) is 2.90. The van der Waals surface area contributed by atoms with E-state index in [-0.39, 0.29) is 0 Å². The van der Waals surface area contributed by atoms with Gasteiger partial charge in [-0.3, -0.25) is 4.79 Å². The third kappa shape index (κ3) is 2.22. The van der Waals surface area contributed by atoms with Crippen LogP contribution in [0, 0.1) is 0 Å². The molecule has 0 atom stereocenters. The van der Waals surface area contributed by atoms with Gasteiger partial charge in [0, 0.05) is 5.70 Å². The van der Waals surface area contributed by atoms with Gasteiger partial charge in [0.25, 0.3) is 0 Å². The summed E-state index contributed by atoms with van der Waals surface area (Å²) in [7, 11) is 0. The molecule has 0 heterocycles. The van der Waals surface area contributed by atoms with Gasteiger partial charge in [0.1, 0.15) is 0 Å². The number of carbonyl (C=O) groups excluding carboxylic acids is 1. The van der Waals surface area contributed by atoms with Gasteiger partial charge in [-0.05, 0) is 25.3 Å². The van der Waals surface area contributed by atoms with Gasteiger partial charge in [0.15, 0.2) is 0 Å². The summed E-state index contributed by atoms with van der Waals surface area (Å²) in [4.78, 5) is 10.1. The maximum Gasteiger partial charge on any atom is 0.211 e. The summed E-state index contributed by atoms with van der Waals surface area (Å²) < 4.78 is 0. The second-order valence-electron chi connectivity index (χ2n) is 2.63. The van der Waals surface area contributed by atoms with Crippen molar-refractivity contribution in [2.75, 3.05) is 0 Å². The zero-order chi connectivity index (χ0) is 8.10. The lowest BCUT2D eigenvalue weighted by Gasteiger charge is -2.11. The molecule has 2 nitrogen and oxygen atoms in total. The minimum atomic E-state index is 0.733. The van der Waals surface area contributed by atoms with Gasteiger partial charge >= 0.3 is 0 Å². The van der Waals surface area contributed by atoms with Gasteiger partial charge in [0.05, 0.1) is 0 Å². The summed E-state index contributed by atoms with van der Waals surface area (Å²) in [6.07, 6.45) is 7.98. The van der Waals surface area contributed by atoms with Crippen molar-refractivity contribution in [3.8, 4) is 0 Å². The number of hydrogen-bond donors (Lipinski definition) is 1. The molecule has 1 N–H and O–H groups in total. The van der Waals surface area contributed by atoms with E-state index in [1.165, 1.54) is 5.57 Å². The van der Waals surface area contributed by atoms with E-state index in [4.69, 9.17) is 0 Å². The maximum atomic E-state index is 10.1. The lowest BCUT2D eigenvalue weighted by molar-refractivity contribution is -0.109. The monoisotopic (exact) mass is 151 g/mol. The van der Waals surface area contributed by atoms with Crippen molar-refractivity contribution in [2.24, 2.45) is 0 Å². The van der Waals surface area contributed by atoms with Gasteiger partial charge in [-0.25, -0.2) is 0 Å². The van der Waals surface area contributed by atoms with E-state index < -0.39 is 0 Å². The van der Waals surface area contributed by atoms with E-state index >= 15 is 0 Å². The lowest BCUT2D eigenvalue weighted by Crippen LogP contribution is -2.11. The Bertz CT molecular complexity index is 204. The molecule has 11 heavy (non-hydrogen) atoms. The van der Waals surface area contributed by atoms with Crippen molar-refractivity contribution >= 4 is 6.41 Å². The molecular formula is C9H13NO. The molecule has 0 fully saturated rings. The van der Waals surface area contributed by atoms with Crippen LogP contribution in [0.4, 0.5) is 0 Å². The first-order chi connectivity index (χ1) is 5.36. The van der Waals surface area contributed by atoms with Crippen molar-refractivity contribution in [3.05, 3.63) is 23.4 Å². The van der Waals surface area contributed by atoms with Crippen molar-refractivity contribution in [3.63, 3.8) is 0 Å². The third-order valence-corrected chi connectivity index (χ3v) is 1.93. The molecule has 0 saturated heterocycles. The molecule has 0 spiro atoms. The van der Waals surface area contributed by atoms with Crippen LogP contribution < -0.4 is 5.32 Å². The predicted molar refractivity (Wildman–Crippen MR) is 44.9 cm³/mol. The number of nitrogens with one attached hydrogen (secondary N) is 1. The van der Waals surface area contributed by atoms with Crippen LogP contribution in [-0.2, 0) is 4.79 Å². The normalized spacial score (nSPS) is 16.8. The zero-order valence-corrected chi connectivity index (χ0v) is 6.76. The molecule has 2 heteroatoms. The molecule has 1 rings (SSSR count). The second-order valence-corrected chi connectivity index (χ2v) is 2.63. The van der Waals surface area contributed by atoms with Crippen molar-refractivity contribution in [2.45, 2.75) is 26.2 Å². The first kappa shape index (κ1) is 8.05. The van der Waals surface area contributed by atoms with Gasteiger partial charge in [0.2, 0.25) is 6.41 Å². The molecule has 0 bridgehead atoms. The summed E-state index contributed by atoms with van der Waals surface area (Å²) in [6.45, 7) is 2.15. The molecule has 0 unspecified atom stereocenters. The van der Waals surface area contributed by atoms with Gasteiger partial charge < -0.3 is 5.32 Å². The third-order valence-electron chi connectivity index (χ3n) is 1.93. The van der Waals surface area contributed by atoms with Crippen LogP contribution in [0.2, 0.25) is 0 Å². The van der Waals surface area contributed by atoms with Crippen molar-refractivity contribution in [1.29, 1.82) is 0 Å². The summed E-state index contributed by atoms with van der Waals surface area (Å²) in [5.74, 6) is 0. The molecule has 1 aliphatic carbocycles. The topological polar surface area (TPSA) is 29.1 Å². The van der Waals surface area contributed by atoms with E-state index in [1.54, 1.807) is 0 Å². The first-order valence-electron chi connectivity index (χ1n) is 3.95. The Hall–Kier alpha value is -1.05. The average Bonchev–Trinajstić information content (AvgIpc) is 2.07. The standard InChI is InChI=1S/C9H13NO/c1-2-8-3-5-9(6-4-8)10-7-11/h3,5,7H,2,4,6H2,1H3,(H,10,11). The van der Waals surface area contributed by atoms with Crippen LogP contribution in [-0.4, -0.2) is 6.41 Å². The first-order valence-corrected chi connectivity index (χ1v) is 3.95. The SMILES string of the molecule is CCC1=CC=C(NC=O)CC1. The highest BCUT2D eigenvalue weighted by atomic mass is 16.1. The molecule has 60 valence electrons. The largest absolute Gasteiger partial charge is 0.332 e. The summed E-state index contributed by atoms with van der Waals surface area (Å²) in [5, 5.41) is 2.67. The zero-order valence-electron chi connectivity index (χ0n) is 6.76. The van der Waals surface area contributed by atoms with E-state index in [0.29, 0.717) is 0 Å². The van der Waals surface area contributed by atoms with Gasteiger partial charge in [-0.15, -0.1) is 0 Å². The lowest BCUT2D eigenvalue weighted by atomic mass is 10.0. The minimum Gasteiger partial charge on any atom is -0.332 e. The second kappa shape index (κ2) is 3.96. The van der Waals surface area contributed by atoms with Crippen LogP contribution in [0.15, 0.2) is 23.4 Å². The molecule has 0 aromatic rings. The molecule has 1 aliphatic rings. The highest BCUT2D eigenvalue weighted by molar-refractivity contribution is 5.50. The fourth-order valence-corrected chi connectivity index (χ4v) is 1.17. The number of rotatable bonds is 3. The van der Waals surface area contributed by atoms with E-state index in [0.717, 1.165) is 31.4 Å². The Balaban J connectivity index is 2.53. The smallest absolute Gasteiger partial charge is 0.211 e. The number of carbonyl (C=O) groups is 1. The number of amides is 1. The maximum absolute atomic E-state index is 10.1. The fraction of sp³-hybridized carbons (Fsp3) is 0.444. The van der Waals surface area contributed by atoms with Crippen LogP contribution >= 0.6 is 0 Å². The number of hydrogen-bond acceptors (Lipinski definition) is 1. The molecule has 0 aromatic carbocycles. The van der Waals surface area contributed by atoms with Gasteiger partial charge in [-0.1, -0.05) is 18.6 Å². The Morgan fingerprint density at radius 1 is 1.55 bits per heavy atom. The fourth-order valence-electron chi connectivity index (χ4n) is 1.17. The molecule has 0 aromatic heterocycles. The summed E-state index contributed by atoms with van der Waals surface area (Å²) in [5.41, 5.74) is 2.48. The Morgan fingerprint density at radius 3 is 2.82 bits per heavy atom. The molecule has 0 radical (unpaired) electrons. The van der Waals surface area contributed by atoms with E-state index in [1.807, 2.05) is 6.08 Å². The molecule has 0 saturated carbocycles. The van der Waals surface area contributed by atoms with Crippen LogP contribution in [0.1, 0.15) is 26.2 Å². The highest BCUT2D eigenvalue weighted by Crippen LogP contribution is 2.18. The van der Waals surface area contributed by atoms with Crippen molar-refractivity contribution < 1.29 is 4.79 Å². The molecule has 0 aliphatic heterocycles. The quantitative estimate of drug-likeness (QED) is 0.612. The van der Waals surface area contributed by atoms with Crippen LogP contribution in [0.25, 0.3) is 0 Å². The van der Waals surface area contributed by atoms with Crippen LogP contribution in [0.3, 0.4) is 0 Å². The summed E-state index contributed by atoms with van der Waals surface area (Å²) >= 11 is 0. The van der Waals surface area contributed by atoms with Crippen molar-refractivity contribution in [1.82, 2.24) is 5.32 Å². The van der Waals surface area contributed by atoms with E-state index in [9.17, 15) is 4.79 Å². The molecule has 1 amide bonds.